The summed E-state index contributed by atoms with van der Waals surface area (Å²) in [5.41, 5.74) is 7.92. The predicted octanol–water partition coefficient (Wildman–Crippen LogP) is 2.92. The number of nitrogens with two attached hydrogens (primary N) is 1. The van der Waals surface area contributed by atoms with Crippen LogP contribution in [0.15, 0.2) is 18.2 Å². The molecule has 100 valence electrons. The molecule has 3 nitrogen and oxygen atoms in total. The number of likely N-dealkylation sites (tertiary alicyclic amines) is 1. The summed E-state index contributed by atoms with van der Waals surface area (Å²) in [6.07, 6.45) is 2.64. The number of piperidine rings is 1. The summed E-state index contributed by atoms with van der Waals surface area (Å²) < 4.78 is 5.65. The number of ether oxygens (including phenoxy) is 1. The van der Waals surface area contributed by atoms with Crippen LogP contribution in [0.3, 0.4) is 0 Å². The van der Waals surface area contributed by atoms with Crippen molar-refractivity contribution >= 4 is 17.3 Å². The number of nitrogens with zero attached hydrogens (tertiary/aromatic N) is 1. The van der Waals surface area contributed by atoms with Gasteiger partial charge in [0.25, 0.3) is 0 Å². The Balaban J connectivity index is 1.89. The van der Waals surface area contributed by atoms with Crippen molar-refractivity contribution in [3.8, 4) is 0 Å². The molecule has 2 rings (SSSR count). The lowest BCUT2D eigenvalue weighted by atomic mass is 10.1. The Kier molecular flexibility index (Phi) is 4.87. The molecule has 0 saturated carbocycles. The molecular weight excluding hydrogens is 248 g/mol. The highest BCUT2D eigenvalue weighted by Gasteiger charge is 2.19. The van der Waals surface area contributed by atoms with Gasteiger partial charge in [-0.2, -0.15) is 0 Å². The molecule has 0 aromatic heterocycles. The molecule has 0 unspecified atom stereocenters. The third kappa shape index (κ3) is 3.61. The number of benzene rings is 1. The van der Waals surface area contributed by atoms with Crippen LogP contribution in [0.4, 0.5) is 5.69 Å². The Morgan fingerprint density at radius 2 is 2.11 bits per heavy atom. The van der Waals surface area contributed by atoms with Crippen LogP contribution < -0.4 is 5.73 Å². The topological polar surface area (TPSA) is 38.5 Å². The molecule has 0 atom stereocenters. The van der Waals surface area contributed by atoms with Gasteiger partial charge < -0.3 is 10.5 Å². The second-order valence-electron chi connectivity index (χ2n) is 4.77. The van der Waals surface area contributed by atoms with Gasteiger partial charge in [-0.25, -0.2) is 0 Å². The first-order valence-electron chi connectivity index (χ1n) is 6.57. The molecule has 1 heterocycles. The van der Waals surface area contributed by atoms with E-state index in [4.69, 9.17) is 22.1 Å². The van der Waals surface area contributed by atoms with E-state index in [0.717, 1.165) is 55.4 Å². The Bertz CT molecular complexity index is 389. The van der Waals surface area contributed by atoms with Gasteiger partial charge >= 0.3 is 0 Å². The Morgan fingerprint density at radius 3 is 2.78 bits per heavy atom. The second kappa shape index (κ2) is 6.41. The molecule has 1 aliphatic rings. The van der Waals surface area contributed by atoms with E-state index in [9.17, 15) is 0 Å². The summed E-state index contributed by atoms with van der Waals surface area (Å²) in [6, 6.07) is 5.68. The maximum absolute atomic E-state index is 6.00. The number of anilines is 1. The third-order valence-electron chi connectivity index (χ3n) is 3.44. The molecule has 0 bridgehead atoms. The van der Waals surface area contributed by atoms with E-state index >= 15 is 0 Å². The maximum Gasteiger partial charge on any atom is 0.0599 e. The highest BCUT2D eigenvalue weighted by molar-refractivity contribution is 6.30. The quantitative estimate of drug-likeness (QED) is 0.854. The van der Waals surface area contributed by atoms with E-state index in [1.165, 1.54) is 0 Å². The van der Waals surface area contributed by atoms with Gasteiger partial charge in [0.1, 0.15) is 0 Å². The molecule has 4 heteroatoms. The molecule has 2 N–H and O–H groups in total. The first kappa shape index (κ1) is 13.7. The van der Waals surface area contributed by atoms with Crippen molar-refractivity contribution in [3.63, 3.8) is 0 Å². The fraction of sp³-hybridized carbons (Fsp3) is 0.571. The summed E-state index contributed by atoms with van der Waals surface area (Å²) in [6.45, 7) is 5.88. The van der Waals surface area contributed by atoms with Crippen LogP contribution in [0.5, 0.6) is 0 Å². The highest BCUT2D eigenvalue weighted by atomic mass is 35.5. The molecule has 1 aromatic carbocycles. The van der Waals surface area contributed by atoms with Crippen LogP contribution in [0.1, 0.15) is 25.3 Å². The smallest absolute Gasteiger partial charge is 0.0599 e. The summed E-state index contributed by atoms with van der Waals surface area (Å²) in [5.74, 6) is 0. The molecule has 1 fully saturated rings. The van der Waals surface area contributed by atoms with Crippen molar-refractivity contribution in [2.24, 2.45) is 0 Å². The van der Waals surface area contributed by atoms with Crippen molar-refractivity contribution in [1.82, 2.24) is 4.90 Å². The summed E-state index contributed by atoms with van der Waals surface area (Å²) in [5, 5.41) is 0.753. The van der Waals surface area contributed by atoms with Crippen LogP contribution in [-0.2, 0) is 11.3 Å². The van der Waals surface area contributed by atoms with E-state index in [1.807, 2.05) is 18.2 Å². The van der Waals surface area contributed by atoms with Crippen molar-refractivity contribution in [1.29, 1.82) is 0 Å². The van der Waals surface area contributed by atoms with E-state index < -0.39 is 0 Å². The number of nitrogen functional groups attached to an aromatic ring is 1. The minimum atomic E-state index is 0.433. The number of hydrogen-bond acceptors (Lipinski definition) is 3. The highest BCUT2D eigenvalue weighted by Crippen LogP contribution is 2.22. The Labute approximate surface area is 114 Å². The van der Waals surface area contributed by atoms with Gasteiger partial charge in [0, 0.05) is 37.0 Å². The molecule has 1 saturated heterocycles. The van der Waals surface area contributed by atoms with E-state index in [1.54, 1.807) is 0 Å². The summed E-state index contributed by atoms with van der Waals surface area (Å²) >= 11 is 6.00. The van der Waals surface area contributed by atoms with Gasteiger partial charge in [0.05, 0.1) is 6.10 Å². The first-order chi connectivity index (χ1) is 8.69. The minimum Gasteiger partial charge on any atom is -0.398 e. The van der Waals surface area contributed by atoms with Crippen molar-refractivity contribution in [2.45, 2.75) is 32.4 Å². The van der Waals surface area contributed by atoms with Gasteiger partial charge in [-0.05, 0) is 43.5 Å². The van der Waals surface area contributed by atoms with E-state index in [-0.39, 0.29) is 0 Å². The summed E-state index contributed by atoms with van der Waals surface area (Å²) in [7, 11) is 0. The third-order valence-corrected chi connectivity index (χ3v) is 3.67. The lowest BCUT2D eigenvalue weighted by Gasteiger charge is -2.32. The van der Waals surface area contributed by atoms with E-state index in [0.29, 0.717) is 6.10 Å². The SMILES string of the molecule is CCOC1CCN(Cc2cc(Cl)ccc2N)CC1. The Morgan fingerprint density at radius 1 is 1.39 bits per heavy atom. The maximum atomic E-state index is 6.00. The van der Waals surface area contributed by atoms with Crippen molar-refractivity contribution in [2.75, 3.05) is 25.4 Å². The lowest BCUT2D eigenvalue weighted by Crippen LogP contribution is -2.36. The molecule has 0 aliphatic carbocycles. The van der Waals surface area contributed by atoms with Crippen LogP contribution >= 0.6 is 11.6 Å². The van der Waals surface area contributed by atoms with Gasteiger partial charge in [-0.15, -0.1) is 0 Å². The average Bonchev–Trinajstić information content (AvgIpc) is 2.37. The number of hydrogen-bond donors (Lipinski definition) is 1. The monoisotopic (exact) mass is 268 g/mol. The first-order valence-corrected chi connectivity index (χ1v) is 6.94. The van der Waals surface area contributed by atoms with Gasteiger partial charge in [-0.3, -0.25) is 4.90 Å². The van der Waals surface area contributed by atoms with Crippen molar-refractivity contribution < 1.29 is 4.74 Å². The zero-order valence-electron chi connectivity index (χ0n) is 10.9. The lowest BCUT2D eigenvalue weighted by molar-refractivity contribution is 0.0125. The molecule has 0 radical (unpaired) electrons. The fourth-order valence-electron chi connectivity index (χ4n) is 2.42. The van der Waals surface area contributed by atoms with Crippen molar-refractivity contribution in [3.05, 3.63) is 28.8 Å². The molecular formula is C14H21ClN2O. The standard InChI is InChI=1S/C14H21ClN2O/c1-2-18-13-5-7-17(8-6-13)10-11-9-12(15)3-4-14(11)16/h3-4,9,13H,2,5-8,10,16H2,1H3. The second-order valence-corrected chi connectivity index (χ2v) is 5.21. The average molecular weight is 269 g/mol. The van der Waals surface area contributed by atoms with Crippen LogP contribution in [0.2, 0.25) is 5.02 Å². The van der Waals surface area contributed by atoms with E-state index in [2.05, 4.69) is 11.8 Å². The number of rotatable bonds is 4. The minimum absolute atomic E-state index is 0.433. The number of halogens is 1. The van der Waals surface area contributed by atoms with Crippen LogP contribution in [0.25, 0.3) is 0 Å². The normalized spacial score (nSPS) is 18.1. The Hall–Kier alpha value is -0.770. The largest absolute Gasteiger partial charge is 0.398 e. The molecule has 1 aliphatic heterocycles. The molecule has 1 aromatic rings. The fourth-order valence-corrected chi connectivity index (χ4v) is 2.62. The molecule has 18 heavy (non-hydrogen) atoms. The van der Waals surface area contributed by atoms with Gasteiger partial charge in [-0.1, -0.05) is 11.6 Å². The van der Waals surface area contributed by atoms with Crippen LogP contribution in [-0.4, -0.2) is 30.7 Å². The zero-order chi connectivity index (χ0) is 13.0. The van der Waals surface area contributed by atoms with Gasteiger partial charge in [0.2, 0.25) is 0 Å². The van der Waals surface area contributed by atoms with Gasteiger partial charge in [0.15, 0.2) is 0 Å². The zero-order valence-corrected chi connectivity index (χ0v) is 11.6. The predicted molar refractivity (Wildman–Crippen MR) is 75.8 cm³/mol. The molecule has 0 spiro atoms. The van der Waals surface area contributed by atoms with Crippen LogP contribution in [0, 0.1) is 0 Å². The molecule has 0 amide bonds. The summed E-state index contributed by atoms with van der Waals surface area (Å²) in [4.78, 5) is 2.41.